The Morgan fingerprint density at radius 2 is 1.65 bits per heavy atom. The number of carbonyl (C=O) groups is 2. The van der Waals surface area contributed by atoms with Gasteiger partial charge in [-0.25, -0.2) is 0 Å². The van der Waals surface area contributed by atoms with Crippen LogP contribution >= 0.6 is 0 Å². The van der Waals surface area contributed by atoms with E-state index in [-0.39, 0.29) is 17.5 Å². The predicted octanol–water partition coefficient (Wildman–Crippen LogP) is 5.05. The van der Waals surface area contributed by atoms with Crippen LogP contribution in [0.4, 0.5) is 0 Å². The average Bonchev–Trinajstić information content (AvgIpc) is 2.69. The topological polar surface area (TPSA) is 34.1 Å². The van der Waals surface area contributed by atoms with Crippen LogP contribution < -0.4 is 0 Å². The fourth-order valence-corrected chi connectivity index (χ4v) is 4.53. The monoisotopic (exact) mass is 338 g/mol. The molecule has 0 aromatic heterocycles. The van der Waals surface area contributed by atoms with Crippen molar-refractivity contribution in [1.29, 1.82) is 0 Å². The van der Waals surface area contributed by atoms with Crippen molar-refractivity contribution in [3.8, 4) is 0 Å². The molecule has 26 heavy (non-hydrogen) atoms. The van der Waals surface area contributed by atoms with E-state index >= 15 is 0 Å². The lowest BCUT2D eigenvalue weighted by molar-refractivity contribution is -0.114. The van der Waals surface area contributed by atoms with E-state index in [1.54, 1.807) is 0 Å². The zero-order valence-electron chi connectivity index (χ0n) is 14.4. The SMILES string of the molecule is O=C1C=CC(=O)C(C2CCCc3c2ccc2c3ccc3ccccc32)=C1. The number of aryl methyl sites for hydroxylation is 1. The Bertz CT molecular complexity index is 1150. The van der Waals surface area contributed by atoms with Crippen molar-refractivity contribution in [3.63, 3.8) is 0 Å². The molecule has 0 bridgehead atoms. The molecule has 5 rings (SSSR count). The van der Waals surface area contributed by atoms with Crippen LogP contribution in [-0.2, 0) is 16.0 Å². The third kappa shape index (κ3) is 2.26. The third-order valence-electron chi connectivity index (χ3n) is 5.73. The first kappa shape index (κ1) is 15.3. The van der Waals surface area contributed by atoms with Gasteiger partial charge in [-0.1, -0.05) is 48.5 Å². The molecule has 0 saturated heterocycles. The minimum atomic E-state index is -0.0847. The second-order valence-electron chi connectivity index (χ2n) is 7.16. The number of hydrogen-bond donors (Lipinski definition) is 0. The number of carbonyl (C=O) groups excluding carboxylic acids is 2. The first-order valence-corrected chi connectivity index (χ1v) is 9.13. The summed E-state index contributed by atoms with van der Waals surface area (Å²) in [5, 5.41) is 5.05. The maximum atomic E-state index is 12.4. The van der Waals surface area contributed by atoms with E-state index in [1.807, 2.05) is 0 Å². The Labute approximate surface area is 151 Å². The number of rotatable bonds is 1. The highest BCUT2D eigenvalue weighted by atomic mass is 16.1. The Morgan fingerprint density at radius 1 is 0.808 bits per heavy atom. The summed E-state index contributed by atoms with van der Waals surface area (Å²) >= 11 is 0. The van der Waals surface area contributed by atoms with Gasteiger partial charge < -0.3 is 0 Å². The Morgan fingerprint density at radius 3 is 2.58 bits per heavy atom. The summed E-state index contributed by atoms with van der Waals surface area (Å²) in [6.07, 6.45) is 7.29. The van der Waals surface area contributed by atoms with Crippen LogP contribution in [0.15, 0.2) is 72.3 Å². The van der Waals surface area contributed by atoms with Crippen molar-refractivity contribution in [2.24, 2.45) is 0 Å². The van der Waals surface area contributed by atoms with Crippen molar-refractivity contribution < 1.29 is 9.59 Å². The van der Waals surface area contributed by atoms with Crippen LogP contribution in [-0.4, -0.2) is 11.6 Å². The van der Waals surface area contributed by atoms with E-state index < -0.39 is 0 Å². The van der Waals surface area contributed by atoms with Crippen LogP contribution in [0.2, 0.25) is 0 Å². The number of fused-ring (bicyclic) bond motifs is 5. The molecule has 0 fully saturated rings. The summed E-state index contributed by atoms with van der Waals surface area (Å²) in [4.78, 5) is 24.2. The van der Waals surface area contributed by atoms with Gasteiger partial charge in [-0.15, -0.1) is 0 Å². The molecule has 3 aromatic carbocycles. The molecule has 3 aromatic rings. The third-order valence-corrected chi connectivity index (χ3v) is 5.73. The van der Waals surface area contributed by atoms with Gasteiger partial charge in [0.1, 0.15) is 0 Å². The van der Waals surface area contributed by atoms with Crippen LogP contribution in [0, 0.1) is 0 Å². The molecule has 0 heterocycles. The molecular weight excluding hydrogens is 320 g/mol. The molecule has 0 amide bonds. The Kier molecular flexibility index (Phi) is 3.39. The van der Waals surface area contributed by atoms with Crippen molar-refractivity contribution in [3.05, 3.63) is 83.5 Å². The minimum absolute atomic E-state index is 0.0241. The normalized spacial score (nSPS) is 19.7. The van der Waals surface area contributed by atoms with Crippen molar-refractivity contribution in [2.45, 2.75) is 25.2 Å². The molecule has 0 radical (unpaired) electrons. The molecule has 0 saturated carbocycles. The fourth-order valence-electron chi connectivity index (χ4n) is 4.53. The van der Waals surface area contributed by atoms with Gasteiger partial charge >= 0.3 is 0 Å². The summed E-state index contributed by atoms with van der Waals surface area (Å²) in [5.74, 6) is -0.0874. The highest BCUT2D eigenvalue weighted by molar-refractivity contribution is 6.18. The standard InChI is InChI=1S/C24H18O2/c25-16-9-13-24(26)23(14-16)19-7-3-6-18-21-10-8-15-4-1-2-5-17(15)20(21)11-12-22(18)19/h1-2,4-5,8-14,19H,3,6-7H2. The molecule has 0 spiro atoms. The predicted molar refractivity (Wildman–Crippen MR) is 104 cm³/mol. The van der Waals surface area contributed by atoms with E-state index in [0.717, 1.165) is 19.3 Å². The van der Waals surface area contributed by atoms with Crippen LogP contribution in [0.5, 0.6) is 0 Å². The van der Waals surface area contributed by atoms with Gasteiger partial charge in [0.15, 0.2) is 11.6 Å². The van der Waals surface area contributed by atoms with Gasteiger partial charge in [-0.3, -0.25) is 9.59 Å². The molecule has 0 N–H and O–H groups in total. The second kappa shape index (κ2) is 5.77. The quantitative estimate of drug-likeness (QED) is 0.460. The molecule has 2 heteroatoms. The fraction of sp³-hybridized carbons (Fsp3) is 0.167. The zero-order valence-corrected chi connectivity index (χ0v) is 14.4. The number of benzene rings is 3. The summed E-state index contributed by atoms with van der Waals surface area (Å²) in [6, 6.07) is 17.2. The highest BCUT2D eigenvalue weighted by Crippen LogP contribution is 2.42. The van der Waals surface area contributed by atoms with E-state index in [2.05, 4.69) is 48.5 Å². The first-order valence-electron chi connectivity index (χ1n) is 9.13. The molecule has 2 aliphatic carbocycles. The van der Waals surface area contributed by atoms with Crippen molar-refractivity contribution >= 4 is 33.1 Å². The summed E-state index contributed by atoms with van der Waals surface area (Å²) in [5.41, 5.74) is 3.19. The molecule has 1 atom stereocenters. The minimum Gasteiger partial charge on any atom is -0.290 e. The summed E-state index contributed by atoms with van der Waals surface area (Å²) in [7, 11) is 0. The average molecular weight is 338 g/mol. The van der Waals surface area contributed by atoms with E-state index in [0.29, 0.717) is 5.57 Å². The lowest BCUT2D eigenvalue weighted by atomic mass is 9.74. The van der Waals surface area contributed by atoms with Gasteiger partial charge in [0.05, 0.1) is 0 Å². The van der Waals surface area contributed by atoms with Crippen LogP contribution in [0.3, 0.4) is 0 Å². The number of hydrogen-bond acceptors (Lipinski definition) is 2. The summed E-state index contributed by atoms with van der Waals surface area (Å²) < 4.78 is 0. The number of allylic oxidation sites excluding steroid dienone is 4. The highest BCUT2D eigenvalue weighted by Gasteiger charge is 2.29. The largest absolute Gasteiger partial charge is 0.290 e. The van der Waals surface area contributed by atoms with Gasteiger partial charge in [-0.2, -0.15) is 0 Å². The lowest BCUT2D eigenvalue weighted by Crippen LogP contribution is -2.19. The first-order chi connectivity index (χ1) is 12.7. The smallest absolute Gasteiger partial charge is 0.182 e. The number of ketones is 2. The second-order valence-corrected chi connectivity index (χ2v) is 7.16. The Balaban J connectivity index is 1.73. The van der Waals surface area contributed by atoms with E-state index in [9.17, 15) is 9.59 Å². The van der Waals surface area contributed by atoms with Gasteiger partial charge in [0.25, 0.3) is 0 Å². The molecule has 1 unspecified atom stereocenters. The maximum Gasteiger partial charge on any atom is 0.182 e. The van der Waals surface area contributed by atoms with Gasteiger partial charge in [0.2, 0.25) is 0 Å². The molecule has 126 valence electrons. The van der Waals surface area contributed by atoms with Gasteiger partial charge in [-0.05, 0) is 70.2 Å². The molecular formula is C24H18O2. The van der Waals surface area contributed by atoms with E-state index in [4.69, 9.17) is 0 Å². The molecule has 2 aliphatic rings. The zero-order chi connectivity index (χ0) is 17.7. The summed E-state index contributed by atoms with van der Waals surface area (Å²) in [6.45, 7) is 0. The van der Waals surface area contributed by atoms with Crippen molar-refractivity contribution in [1.82, 2.24) is 0 Å². The van der Waals surface area contributed by atoms with E-state index in [1.165, 1.54) is 50.9 Å². The maximum absolute atomic E-state index is 12.4. The molecule has 0 aliphatic heterocycles. The lowest BCUT2D eigenvalue weighted by Gasteiger charge is -2.28. The van der Waals surface area contributed by atoms with Crippen LogP contribution in [0.25, 0.3) is 21.5 Å². The molecule has 2 nitrogen and oxygen atoms in total. The van der Waals surface area contributed by atoms with Crippen LogP contribution in [0.1, 0.15) is 29.9 Å². The van der Waals surface area contributed by atoms with Gasteiger partial charge in [0, 0.05) is 11.5 Å². The Hall–Kier alpha value is -3.00. The van der Waals surface area contributed by atoms with Crippen molar-refractivity contribution in [2.75, 3.05) is 0 Å².